The second-order valence-corrected chi connectivity index (χ2v) is 6.85. The van der Waals surface area contributed by atoms with Gasteiger partial charge in [-0.3, -0.25) is 9.59 Å². The highest BCUT2D eigenvalue weighted by molar-refractivity contribution is 7.98. The molecule has 1 aliphatic heterocycles. The fourth-order valence-electron chi connectivity index (χ4n) is 3.08. The van der Waals surface area contributed by atoms with Crippen molar-refractivity contribution in [3.63, 3.8) is 0 Å². The summed E-state index contributed by atoms with van der Waals surface area (Å²) in [4.78, 5) is 32.2. The van der Waals surface area contributed by atoms with Gasteiger partial charge in [0.2, 0.25) is 0 Å². The molecule has 1 aromatic carbocycles. The number of rotatable bonds is 4. The van der Waals surface area contributed by atoms with Gasteiger partial charge >= 0.3 is 5.97 Å². The molecular formula is C18H18N4O3S. The summed E-state index contributed by atoms with van der Waals surface area (Å²) in [5, 5.41) is 18.8. The second kappa shape index (κ2) is 7.62. The maximum Gasteiger partial charge on any atom is 0.306 e. The zero-order valence-electron chi connectivity index (χ0n) is 14.2. The second-order valence-electron chi connectivity index (χ2n) is 6.06. The van der Waals surface area contributed by atoms with Crippen LogP contribution in [0, 0.1) is 17.2 Å². The van der Waals surface area contributed by atoms with Crippen LogP contribution in [0.15, 0.2) is 34.2 Å². The fourth-order valence-corrected chi connectivity index (χ4v) is 3.45. The Morgan fingerprint density at radius 2 is 2.00 bits per heavy atom. The summed E-state index contributed by atoms with van der Waals surface area (Å²) in [6.07, 6.45) is 3.06. The normalized spacial score (nSPS) is 14.8. The van der Waals surface area contributed by atoms with Crippen LogP contribution >= 0.6 is 11.8 Å². The first-order valence-corrected chi connectivity index (χ1v) is 9.42. The Bertz CT molecular complexity index is 910. The Labute approximate surface area is 154 Å². The van der Waals surface area contributed by atoms with Crippen molar-refractivity contribution >= 4 is 23.4 Å². The first-order chi connectivity index (χ1) is 12.5. The number of aromatic nitrogens is 2. The molecule has 1 aromatic heterocycles. The average Bonchev–Trinajstić information content (AvgIpc) is 2.67. The molecule has 0 spiro atoms. The molecule has 134 valence electrons. The van der Waals surface area contributed by atoms with Crippen molar-refractivity contribution in [2.24, 2.45) is 5.92 Å². The Morgan fingerprint density at radius 3 is 2.54 bits per heavy atom. The van der Waals surface area contributed by atoms with Crippen LogP contribution in [0.3, 0.4) is 0 Å². The molecule has 7 nitrogen and oxygen atoms in total. The summed E-state index contributed by atoms with van der Waals surface area (Å²) in [5.74, 6) is -0.997. The van der Waals surface area contributed by atoms with Crippen molar-refractivity contribution in [3.05, 3.63) is 40.2 Å². The number of aliphatic carboxylic acids is 1. The van der Waals surface area contributed by atoms with Crippen molar-refractivity contribution in [1.82, 2.24) is 9.97 Å². The van der Waals surface area contributed by atoms with Gasteiger partial charge in [0, 0.05) is 24.3 Å². The first kappa shape index (κ1) is 18.0. The monoisotopic (exact) mass is 370 g/mol. The Morgan fingerprint density at radius 1 is 1.35 bits per heavy atom. The molecule has 2 aromatic rings. The highest BCUT2D eigenvalue weighted by Gasteiger charge is 2.24. The summed E-state index contributed by atoms with van der Waals surface area (Å²) in [6, 6.07) is 9.43. The third kappa shape index (κ3) is 3.58. The number of thioether (sulfide) groups is 1. The molecule has 1 saturated heterocycles. The summed E-state index contributed by atoms with van der Waals surface area (Å²) in [5.41, 5.74) is 1.62. The zero-order chi connectivity index (χ0) is 18.7. The molecular weight excluding hydrogens is 352 g/mol. The summed E-state index contributed by atoms with van der Waals surface area (Å²) in [6.45, 7) is 1.39. The zero-order valence-corrected chi connectivity index (χ0v) is 15.0. The molecule has 0 atom stereocenters. The van der Waals surface area contributed by atoms with E-state index in [1.807, 2.05) is 30.3 Å². The lowest BCUT2D eigenvalue weighted by molar-refractivity contribution is -0.142. The van der Waals surface area contributed by atoms with Crippen LogP contribution in [0.1, 0.15) is 18.4 Å². The number of aromatic amines is 1. The number of benzene rings is 1. The predicted molar refractivity (Wildman–Crippen MR) is 99.4 cm³/mol. The minimum atomic E-state index is -0.728. The molecule has 8 heteroatoms. The first-order valence-electron chi connectivity index (χ1n) is 8.20. The number of carbonyl (C=O) groups is 1. The van der Waals surface area contributed by atoms with Gasteiger partial charge in [0.25, 0.3) is 5.56 Å². The SMILES string of the molecule is CSc1nc(-c2ccc(N3CCC(C(=O)O)CC3)cc2)c(C#N)c(=O)[nH]1. The van der Waals surface area contributed by atoms with Crippen molar-refractivity contribution < 1.29 is 9.90 Å². The van der Waals surface area contributed by atoms with E-state index in [-0.39, 0.29) is 11.5 Å². The van der Waals surface area contributed by atoms with E-state index in [1.165, 1.54) is 11.8 Å². The number of nitriles is 1. The molecule has 2 heterocycles. The third-order valence-corrected chi connectivity index (χ3v) is 5.13. The van der Waals surface area contributed by atoms with Gasteiger partial charge in [0.1, 0.15) is 11.6 Å². The summed E-state index contributed by atoms with van der Waals surface area (Å²) >= 11 is 1.31. The molecule has 26 heavy (non-hydrogen) atoms. The Hall–Kier alpha value is -2.79. The highest BCUT2D eigenvalue weighted by atomic mass is 32.2. The van der Waals surface area contributed by atoms with Gasteiger partial charge in [-0.2, -0.15) is 5.26 Å². The number of anilines is 1. The van der Waals surface area contributed by atoms with E-state index < -0.39 is 11.5 Å². The number of nitrogens with one attached hydrogen (secondary N) is 1. The molecule has 1 aliphatic rings. The van der Waals surface area contributed by atoms with Crippen molar-refractivity contribution in [1.29, 1.82) is 5.26 Å². The smallest absolute Gasteiger partial charge is 0.306 e. The molecule has 0 saturated carbocycles. The number of piperidine rings is 1. The Kier molecular flexibility index (Phi) is 5.28. The molecule has 0 aliphatic carbocycles. The maximum absolute atomic E-state index is 12.0. The number of H-pyrrole nitrogens is 1. The van der Waals surface area contributed by atoms with E-state index in [9.17, 15) is 14.9 Å². The minimum Gasteiger partial charge on any atom is -0.481 e. The quantitative estimate of drug-likeness (QED) is 0.628. The summed E-state index contributed by atoms with van der Waals surface area (Å²) in [7, 11) is 0. The van der Waals surface area contributed by atoms with E-state index in [0.717, 1.165) is 5.69 Å². The van der Waals surface area contributed by atoms with E-state index in [1.54, 1.807) is 6.26 Å². The minimum absolute atomic E-state index is 0.00202. The van der Waals surface area contributed by atoms with Gasteiger partial charge in [-0.05, 0) is 31.2 Å². The maximum atomic E-state index is 12.0. The molecule has 1 fully saturated rings. The number of nitrogens with zero attached hydrogens (tertiary/aromatic N) is 3. The van der Waals surface area contributed by atoms with Gasteiger partial charge in [-0.15, -0.1) is 0 Å². The van der Waals surface area contributed by atoms with Gasteiger partial charge in [-0.25, -0.2) is 4.98 Å². The molecule has 0 radical (unpaired) electrons. The fraction of sp³-hybridized carbons (Fsp3) is 0.333. The average molecular weight is 370 g/mol. The lowest BCUT2D eigenvalue weighted by atomic mass is 9.96. The van der Waals surface area contributed by atoms with Crippen LogP contribution in [0.4, 0.5) is 5.69 Å². The summed E-state index contributed by atoms with van der Waals surface area (Å²) < 4.78 is 0. The lowest BCUT2D eigenvalue weighted by Gasteiger charge is -2.32. The predicted octanol–water partition coefficient (Wildman–Crippen LogP) is 2.33. The van der Waals surface area contributed by atoms with Crippen LogP contribution in [0.25, 0.3) is 11.3 Å². The van der Waals surface area contributed by atoms with E-state index in [0.29, 0.717) is 42.3 Å². The molecule has 2 N–H and O–H groups in total. The van der Waals surface area contributed by atoms with Crippen LogP contribution in [-0.4, -0.2) is 40.4 Å². The lowest BCUT2D eigenvalue weighted by Crippen LogP contribution is -2.36. The van der Waals surface area contributed by atoms with Crippen LogP contribution < -0.4 is 10.5 Å². The van der Waals surface area contributed by atoms with Gasteiger partial charge in [0.05, 0.1) is 11.6 Å². The third-order valence-electron chi connectivity index (χ3n) is 4.55. The van der Waals surface area contributed by atoms with Crippen molar-refractivity contribution in [3.8, 4) is 17.3 Å². The molecule has 0 unspecified atom stereocenters. The van der Waals surface area contributed by atoms with E-state index >= 15 is 0 Å². The van der Waals surface area contributed by atoms with Crippen LogP contribution in [-0.2, 0) is 4.79 Å². The number of hydrogen-bond acceptors (Lipinski definition) is 6. The van der Waals surface area contributed by atoms with Crippen LogP contribution in [0.2, 0.25) is 0 Å². The molecule has 0 bridgehead atoms. The number of carboxylic acid groups (broad SMARTS) is 1. The van der Waals surface area contributed by atoms with E-state index in [2.05, 4.69) is 14.9 Å². The van der Waals surface area contributed by atoms with Crippen molar-refractivity contribution in [2.75, 3.05) is 24.2 Å². The van der Waals surface area contributed by atoms with Crippen LogP contribution in [0.5, 0.6) is 0 Å². The Balaban J connectivity index is 1.85. The van der Waals surface area contributed by atoms with Crippen molar-refractivity contribution in [2.45, 2.75) is 18.0 Å². The number of hydrogen-bond donors (Lipinski definition) is 2. The largest absolute Gasteiger partial charge is 0.481 e. The highest BCUT2D eigenvalue weighted by Crippen LogP contribution is 2.27. The molecule has 3 rings (SSSR count). The van der Waals surface area contributed by atoms with Gasteiger partial charge in [-0.1, -0.05) is 23.9 Å². The number of carboxylic acids is 1. The van der Waals surface area contributed by atoms with E-state index in [4.69, 9.17) is 5.11 Å². The van der Waals surface area contributed by atoms with Gasteiger partial charge in [0.15, 0.2) is 5.16 Å². The molecule has 0 amide bonds. The van der Waals surface area contributed by atoms with Gasteiger partial charge < -0.3 is 15.0 Å². The standard InChI is InChI=1S/C18H18N4O3S/c1-26-18-20-15(14(10-19)16(23)21-18)11-2-4-13(5-3-11)22-8-6-12(7-9-22)17(24)25/h2-5,12H,6-9H2,1H3,(H,24,25)(H,20,21,23). The topological polar surface area (TPSA) is 110 Å².